The third-order valence-corrected chi connectivity index (χ3v) is 5.97. The summed E-state index contributed by atoms with van der Waals surface area (Å²) in [4.78, 5) is 17.4. The van der Waals surface area contributed by atoms with E-state index in [2.05, 4.69) is 22.6 Å². The first kappa shape index (κ1) is 18.1. The Balaban J connectivity index is 1.43. The van der Waals surface area contributed by atoms with Gasteiger partial charge in [0.25, 0.3) is 5.91 Å². The first-order valence-electron chi connectivity index (χ1n) is 10.6. The van der Waals surface area contributed by atoms with Crippen molar-refractivity contribution in [2.24, 2.45) is 0 Å². The Kier molecular flexibility index (Phi) is 4.66. The van der Waals surface area contributed by atoms with Gasteiger partial charge in [-0.05, 0) is 63.3 Å². The van der Waals surface area contributed by atoms with Crippen molar-refractivity contribution >= 4 is 5.91 Å². The van der Waals surface area contributed by atoms with E-state index in [1.165, 1.54) is 12.8 Å². The van der Waals surface area contributed by atoms with Crippen LogP contribution in [-0.4, -0.2) is 20.7 Å². The van der Waals surface area contributed by atoms with Gasteiger partial charge in [0, 0.05) is 35.1 Å². The van der Waals surface area contributed by atoms with Gasteiger partial charge in [0.1, 0.15) is 0 Å². The van der Waals surface area contributed by atoms with Gasteiger partial charge in [-0.15, -0.1) is 0 Å². The molecule has 1 N–H and O–H groups in total. The summed E-state index contributed by atoms with van der Waals surface area (Å²) >= 11 is 0. The molecule has 1 unspecified atom stereocenters. The Bertz CT molecular complexity index is 1050. The van der Waals surface area contributed by atoms with E-state index in [0.29, 0.717) is 11.5 Å². The van der Waals surface area contributed by atoms with Gasteiger partial charge in [0.2, 0.25) is 0 Å². The van der Waals surface area contributed by atoms with Crippen LogP contribution < -0.4 is 5.32 Å². The van der Waals surface area contributed by atoms with Gasteiger partial charge in [-0.1, -0.05) is 24.1 Å². The number of hydrogen-bond donors (Lipinski definition) is 1. The van der Waals surface area contributed by atoms with Crippen LogP contribution in [0.5, 0.6) is 0 Å². The molecule has 0 aliphatic heterocycles. The van der Waals surface area contributed by atoms with Gasteiger partial charge in [0.05, 0.1) is 17.4 Å². The molecule has 5 heteroatoms. The second-order valence-corrected chi connectivity index (χ2v) is 8.33. The average Bonchev–Trinajstić information content (AvgIpc) is 3.53. The number of nitrogens with one attached hydrogen (secondary N) is 1. The molecule has 0 saturated heterocycles. The number of pyridine rings is 1. The smallest absolute Gasteiger partial charge is 0.251 e. The molecule has 1 fully saturated rings. The molecule has 2 aliphatic carbocycles. The van der Waals surface area contributed by atoms with Gasteiger partial charge in [-0.3, -0.25) is 9.78 Å². The van der Waals surface area contributed by atoms with Crippen LogP contribution in [-0.2, 0) is 6.42 Å². The lowest BCUT2D eigenvalue weighted by Crippen LogP contribution is -2.28. The molecule has 1 aromatic carbocycles. The van der Waals surface area contributed by atoms with E-state index in [1.54, 1.807) is 0 Å². The normalized spacial score (nSPS) is 18.7. The second kappa shape index (κ2) is 7.47. The zero-order valence-electron chi connectivity index (χ0n) is 16.8. The van der Waals surface area contributed by atoms with Crippen LogP contribution in [0.2, 0.25) is 0 Å². The lowest BCUT2D eigenvalue weighted by molar-refractivity contribution is 0.0934. The predicted octanol–water partition coefficient (Wildman–Crippen LogP) is 4.65. The van der Waals surface area contributed by atoms with Crippen LogP contribution >= 0.6 is 0 Å². The van der Waals surface area contributed by atoms with Crippen LogP contribution in [0.25, 0.3) is 5.69 Å². The summed E-state index contributed by atoms with van der Waals surface area (Å²) in [5.74, 6) is 0.601. The lowest BCUT2D eigenvalue weighted by Gasteiger charge is -2.17. The van der Waals surface area contributed by atoms with Crippen molar-refractivity contribution in [2.45, 2.75) is 57.4 Å². The number of fused-ring (bicyclic) bond motifs is 1. The fraction of sp³-hybridized carbons (Fsp3) is 0.375. The number of rotatable bonds is 4. The Hall–Kier alpha value is -2.95. The van der Waals surface area contributed by atoms with Crippen LogP contribution in [0.3, 0.4) is 0 Å². The highest BCUT2D eigenvalue weighted by atomic mass is 16.1. The molecule has 1 amide bonds. The Morgan fingerprint density at radius 2 is 2.03 bits per heavy atom. The van der Waals surface area contributed by atoms with E-state index < -0.39 is 0 Å². The molecular weight excluding hydrogens is 360 g/mol. The summed E-state index contributed by atoms with van der Waals surface area (Å²) < 4.78 is 1.97. The van der Waals surface area contributed by atoms with Crippen molar-refractivity contribution in [3.8, 4) is 5.69 Å². The topological polar surface area (TPSA) is 59.8 Å². The third-order valence-electron chi connectivity index (χ3n) is 5.97. The second-order valence-electron chi connectivity index (χ2n) is 8.33. The van der Waals surface area contributed by atoms with Gasteiger partial charge in [0.15, 0.2) is 0 Å². The molecule has 2 aromatic heterocycles. The largest absolute Gasteiger partial charge is 0.345 e. The highest BCUT2D eigenvalue weighted by molar-refractivity contribution is 5.94. The van der Waals surface area contributed by atoms with E-state index in [0.717, 1.165) is 53.9 Å². The quantitative estimate of drug-likeness (QED) is 0.664. The SMILES string of the molecule is Cc1cccc(C(=O)NC2CCCCc3nn(-c4ccnc(C5CC5)c4)cc32)c1. The fourth-order valence-corrected chi connectivity index (χ4v) is 4.20. The molecule has 1 atom stereocenters. The summed E-state index contributed by atoms with van der Waals surface area (Å²) in [6, 6.07) is 11.9. The molecule has 29 heavy (non-hydrogen) atoms. The molecule has 2 heterocycles. The van der Waals surface area contributed by atoms with Crippen molar-refractivity contribution in [2.75, 3.05) is 0 Å². The minimum Gasteiger partial charge on any atom is -0.345 e. The van der Waals surface area contributed by atoms with Crippen LogP contribution in [0.15, 0.2) is 48.8 Å². The number of amides is 1. The molecule has 5 nitrogen and oxygen atoms in total. The van der Waals surface area contributed by atoms with Crippen molar-refractivity contribution in [1.82, 2.24) is 20.1 Å². The molecule has 5 rings (SSSR count). The number of hydrogen-bond acceptors (Lipinski definition) is 3. The van der Waals surface area contributed by atoms with E-state index in [9.17, 15) is 4.79 Å². The van der Waals surface area contributed by atoms with E-state index in [-0.39, 0.29) is 11.9 Å². The Morgan fingerprint density at radius 3 is 2.86 bits per heavy atom. The molecule has 1 saturated carbocycles. The summed E-state index contributed by atoms with van der Waals surface area (Å²) in [6.07, 6.45) is 10.6. The van der Waals surface area contributed by atoms with Crippen molar-refractivity contribution < 1.29 is 4.79 Å². The summed E-state index contributed by atoms with van der Waals surface area (Å²) in [5.41, 5.74) is 6.27. The molecule has 0 spiro atoms. The van der Waals surface area contributed by atoms with Gasteiger partial charge in [-0.2, -0.15) is 5.10 Å². The van der Waals surface area contributed by atoms with Crippen LogP contribution in [0.1, 0.15) is 76.9 Å². The van der Waals surface area contributed by atoms with E-state index in [1.807, 2.05) is 48.1 Å². The predicted molar refractivity (Wildman–Crippen MR) is 112 cm³/mol. The number of aromatic nitrogens is 3. The van der Waals surface area contributed by atoms with Crippen molar-refractivity contribution in [1.29, 1.82) is 0 Å². The molecule has 148 valence electrons. The summed E-state index contributed by atoms with van der Waals surface area (Å²) in [5, 5.41) is 8.14. The number of nitrogens with zero attached hydrogens (tertiary/aromatic N) is 3. The van der Waals surface area contributed by atoms with E-state index in [4.69, 9.17) is 5.10 Å². The maximum atomic E-state index is 12.8. The van der Waals surface area contributed by atoms with Gasteiger partial charge >= 0.3 is 0 Å². The molecule has 0 bridgehead atoms. The minimum atomic E-state index is -0.0146. The van der Waals surface area contributed by atoms with Gasteiger partial charge in [-0.25, -0.2) is 4.68 Å². The highest BCUT2D eigenvalue weighted by Gasteiger charge is 2.26. The third kappa shape index (κ3) is 3.82. The highest BCUT2D eigenvalue weighted by Crippen LogP contribution is 2.39. The van der Waals surface area contributed by atoms with Crippen LogP contribution in [0.4, 0.5) is 0 Å². The van der Waals surface area contributed by atoms with E-state index >= 15 is 0 Å². The maximum Gasteiger partial charge on any atom is 0.251 e. The zero-order valence-corrected chi connectivity index (χ0v) is 16.8. The molecular formula is C24H26N4O. The fourth-order valence-electron chi connectivity index (χ4n) is 4.20. The molecule has 3 aromatic rings. The summed E-state index contributed by atoms with van der Waals surface area (Å²) in [6.45, 7) is 2.01. The average molecular weight is 386 g/mol. The van der Waals surface area contributed by atoms with Gasteiger partial charge < -0.3 is 5.32 Å². The number of carbonyl (C=O) groups excluding carboxylic acids is 1. The Labute approximate surface area is 171 Å². The van der Waals surface area contributed by atoms with Crippen molar-refractivity contribution in [3.63, 3.8) is 0 Å². The number of aryl methyl sites for hydroxylation is 2. The standard InChI is InChI=1S/C24H26N4O/c1-16-5-4-6-18(13-16)24(29)26-21-7-2-3-8-22-20(21)15-28(27-22)19-11-12-25-23(14-19)17-9-10-17/h4-6,11-15,17,21H,2-3,7-10H2,1H3,(H,26,29). The van der Waals surface area contributed by atoms with Crippen molar-refractivity contribution in [3.05, 3.63) is 76.9 Å². The number of carbonyl (C=O) groups is 1. The number of benzene rings is 1. The van der Waals surface area contributed by atoms with Crippen LogP contribution in [0, 0.1) is 6.92 Å². The minimum absolute atomic E-state index is 0.000924. The summed E-state index contributed by atoms with van der Waals surface area (Å²) in [7, 11) is 0. The maximum absolute atomic E-state index is 12.8. The molecule has 2 aliphatic rings. The zero-order chi connectivity index (χ0) is 19.8. The Morgan fingerprint density at radius 1 is 1.14 bits per heavy atom. The first-order valence-corrected chi connectivity index (χ1v) is 10.6. The lowest BCUT2D eigenvalue weighted by atomic mass is 10.0. The molecule has 0 radical (unpaired) electrons. The first-order chi connectivity index (χ1) is 14.2. The monoisotopic (exact) mass is 386 g/mol.